The third-order valence-electron chi connectivity index (χ3n) is 5.68. The van der Waals surface area contributed by atoms with Crippen molar-refractivity contribution in [2.24, 2.45) is 0 Å². The Balaban J connectivity index is 1.24. The van der Waals surface area contributed by atoms with E-state index in [2.05, 4.69) is 28.7 Å². The topological polar surface area (TPSA) is 55.4 Å². The predicted octanol–water partition coefficient (Wildman–Crippen LogP) is 5.27. The number of fused-ring (bicyclic) bond motifs is 2. The van der Waals surface area contributed by atoms with E-state index in [1.165, 1.54) is 0 Å². The number of pyridine rings is 1. The number of thioether (sulfide) groups is 1. The molecule has 0 saturated heterocycles. The molecule has 5 aromatic rings. The van der Waals surface area contributed by atoms with Crippen molar-refractivity contribution in [3.8, 4) is 0 Å². The number of carbonyl (C=O) groups excluding carboxylic acids is 1. The fraction of sp³-hybridized carbons (Fsp3) is 0.192. The summed E-state index contributed by atoms with van der Waals surface area (Å²) in [4.78, 5) is 25.2. The van der Waals surface area contributed by atoms with Gasteiger partial charge in [-0.1, -0.05) is 18.2 Å². The summed E-state index contributed by atoms with van der Waals surface area (Å²) < 4.78 is 4.19. The lowest BCUT2D eigenvalue weighted by Crippen LogP contribution is -2.27. The lowest BCUT2D eigenvalue weighted by molar-refractivity contribution is 0.0780. The zero-order valence-electron chi connectivity index (χ0n) is 18.7. The molecule has 0 bridgehead atoms. The standard InChI is InChI=1S/C26H25N5OS/c1-3-31-23-9-5-4-8-22(23)28-25(31)17-29(2)26(32)19-11-13-21(14-12-19)33-18-20-16-30-15-7-6-10-24(30)27-20/h4-16H,3,17-18H2,1-2H3. The lowest BCUT2D eigenvalue weighted by Gasteiger charge is -2.18. The first kappa shape index (κ1) is 21.3. The predicted molar refractivity (Wildman–Crippen MR) is 132 cm³/mol. The second kappa shape index (κ2) is 9.11. The Labute approximate surface area is 196 Å². The van der Waals surface area contributed by atoms with Gasteiger partial charge in [-0.25, -0.2) is 9.97 Å². The number of para-hydroxylation sites is 2. The summed E-state index contributed by atoms with van der Waals surface area (Å²) in [5.41, 5.74) is 4.72. The highest BCUT2D eigenvalue weighted by Gasteiger charge is 2.16. The van der Waals surface area contributed by atoms with E-state index >= 15 is 0 Å². The molecule has 2 aromatic carbocycles. The van der Waals surface area contributed by atoms with Gasteiger partial charge in [0.25, 0.3) is 5.91 Å². The first-order valence-electron chi connectivity index (χ1n) is 11.0. The molecule has 0 spiro atoms. The third-order valence-corrected chi connectivity index (χ3v) is 6.72. The fourth-order valence-corrected chi connectivity index (χ4v) is 4.79. The number of hydrogen-bond donors (Lipinski definition) is 0. The van der Waals surface area contributed by atoms with Gasteiger partial charge in [0.1, 0.15) is 11.5 Å². The molecule has 0 radical (unpaired) electrons. The van der Waals surface area contributed by atoms with E-state index < -0.39 is 0 Å². The number of aromatic nitrogens is 4. The normalized spacial score (nSPS) is 11.3. The molecule has 3 heterocycles. The smallest absolute Gasteiger partial charge is 0.254 e. The SMILES string of the molecule is CCn1c(CN(C)C(=O)c2ccc(SCc3cn4ccccc4n3)cc2)nc2ccccc21. The van der Waals surface area contributed by atoms with Crippen LogP contribution >= 0.6 is 11.8 Å². The fourth-order valence-electron chi connectivity index (χ4n) is 4.01. The maximum absolute atomic E-state index is 13.0. The Morgan fingerprint density at radius 1 is 1.00 bits per heavy atom. The second-order valence-electron chi connectivity index (χ2n) is 7.93. The molecular formula is C26H25N5OS. The largest absolute Gasteiger partial charge is 0.334 e. The molecule has 0 saturated carbocycles. The molecule has 7 heteroatoms. The van der Waals surface area contributed by atoms with Crippen LogP contribution in [0.5, 0.6) is 0 Å². The Hall–Kier alpha value is -3.58. The maximum atomic E-state index is 13.0. The van der Waals surface area contributed by atoms with Crippen LogP contribution in [0, 0.1) is 0 Å². The number of imidazole rings is 2. The maximum Gasteiger partial charge on any atom is 0.254 e. The minimum absolute atomic E-state index is 0.0124. The number of hydrogen-bond acceptors (Lipinski definition) is 4. The first-order valence-corrected chi connectivity index (χ1v) is 12.0. The highest BCUT2D eigenvalue weighted by molar-refractivity contribution is 7.98. The third kappa shape index (κ3) is 4.36. The van der Waals surface area contributed by atoms with Crippen molar-refractivity contribution in [1.82, 2.24) is 23.8 Å². The van der Waals surface area contributed by atoms with Crippen LogP contribution in [0.15, 0.2) is 84.0 Å². The van der Waals surface area contributed by atoms with E-state index in [0.29, 0.717) is 12.1 Å². The zero-order valence-corrected chi connectivity index (χ0v) is 19.5. The molecular weight excluding hydrogens is 430 g/mol. The van der Waals surface area contributed by atoms with Crippen LogP contribution in [0.1, 0.15) is 28.8 Å². The van der Waals surface area contributed by atoms with Crippen LogP contribution in [0.3, 0.4) is 0 Å². The molecule has 6 nitrogen and oxygen atoms in total. The van der Waals surface area contributed by atoms with E-state index in [1.54, 1.807) is 16.7 Å². The molecule has 0 aliphatic heterocycles. The quantitative estimate of drug-likeness (QED) is 0.314. The zero-order chi connectivity index (χ0) is 22.8. The lowest BCUT2D eigenvalue weighted by atomic mass is 10.2. The van der Waals surface area contributed by atoms with Crippen molar-refractivity contribution in [2.45, 2.75) is 30.7 Å². The number of benzene rings is 2. The van der Waals surface area contributed by atoms with Crippen molar-refractivity contribution in [2.75, 3.05) is 7.05 Å². The van der Waals surface area contributed by atoms with Gasteiger partial charge in [-0.05, 0) is 55.5 Å². The molecule has 0 aliphatic rings. The first-order chi connectivity index (χ1) is 16.1. The van der Waals surface area contributed by atoms with Crippen LogP contribution in [0.25, 0.3) is 16.7 Å². The summed E-state index contributed by atoms with van der Waals surface area (Å²) in [5.74, 6) is 1.66. The molecule has 5 rings (SSSR count). The van der Waals surface area contributed by atoms with E-state index in [9.17, 15) is 4.79 Å². The molecule has 1 amide bonds. The highest BCUT2D eigenvalue weighted by atomic mass is 32.2. The molecule has 0 unspecified atom stereocenters. The summed E-state index contributed by atoms with van der Waals surface area (Å²) in [5, 5.41) is 0. The average molecular weight is 456 g/mol. The number of carbonyl (C=O) groups is 1. The molecule has 33 heavy (non-hydrogen) atoms. The molecule has 0 fully saturated rings. The van der Waals surface area contributed by atoms with Gasteiger partial charge in [0.05, 0.1) is 23.3 Å². The number of nitrogens with zero attached hydrogens (tertiary/aromatic N) is 5. The Kier molecular flexibility index (Phi) is 5.88. The monoisotopic (exact) mass is 455 g/mol. The van der Waals surface area contributed by atoms with Gasteiger partial charge in [0.2, 0.25) is 0 Å². The minimum Gasteiger partial charge on any atom is -0.334 e. The molecule has 3 aromatic heterocycles. The van der Waals surface area contributed by atoms with Gasteiger partial charge < -0.3 is 13.9 Å². The van der Waals surface area contributed by atoms with Crippen LogP contribution in [0.4, 0.5) is 0 Å². The summed E-state index contributed by atoms with van der Waals surface area (Å²) in [6.45, 7) is 3.38. The molecule has 166 valence electrons. The Morgan fingerprint density at radius 2 is 1.79 bits per heavy atom. The van der Waals surface area contributed by atoms with Gasteiger partial charge in [-0.3, -0.25) is 4.79 Å². The van der Waals surface area contributed by atoms with Crippen molar-refractivity contribution in [3.05, 3.63) is 96.2 Å². The molecule has 0 atom stereocenters. The average Bonchev–Trinajstić information content (AvgIpc) is 3.42. The van der Waals surface area contributed by atoms with E-state index in [0.717, 1.165) is 45.4 Å². The van der Waals surface area contributed by atoms with Gasteiger partial charge >= 0.3 is 0 Å². The second-order valence-corrected chi connectivity index (χ2v) is 8.98. The van der Waals surface area contributed by atoms with Gasteiger partial charge in [0.15, 0.2) is 0 Å². The van der Waals surface area contributed by atoms with Crippen molar-refractivity contribution < 1.29 is 4.79 Å². The van der Waals surface area contributed by atoms with Crippen LogP contribution in [-0.2, 0) is 18.8 Å². The van der Waals surface area contributed by atoms with Crippen LogP contribution in [0.2, 0.25) is 0 Å². The number of amides is 1. The molecule has 0 aliphatic carbocycles. The summed E-state index contributed by atoms with van der Waals surface area (Å²) in [7, 11) is 1.83. The Morgan fingerprint density at radius 3 is 2.58 bits per heavy atom. The number of aryl methyl sites for hydroxylation is 1. The van der Waals surface area contributed by atoms with Crippen LogP contribution < -0.4 is 0 Å². The van der Waals surface area contributed by atoms with Crippen molar-refractivity contribution >= 4 is 34.3 Å². The summed E-state index contributed by atoms with van der Waals surface area (Å²) in [6, 6.07) is 21.9. The van der Waals surface area contributed by atoms with Gasteiger partial charge in [-0.15, -0.1) is 11.8 Å². The summed E-state index contributed by atoms with van der Waals surface area (Å²) >= 11 is 1.71. The van der Waals surface area contributed by atoms with E-state index in [4.69, 9.17) is 4.98 Å². The van der Waals surface area contributed by atoms with Gasteiger partial charge in [0, 0.05) is 42.2 Å². The van der Waals surface area contributed by atoms with E-state index in [-0.39, 0.29) is 5.91 Å². The summed E-state index contributed by atoms with van der Waals surface area (Å²) in [6.07, 6.45) is 4.06. The van der Waals surface area contributed by atoms with Crippen LogP contribution in [-0.4, -0.2) is 36.8 Å². The van der Waals surface area contributed by atoms with Gasteiger partial charge in [-0.2, -0.15) is 0 Å². The molecule has 0 N–H and O–H groups in total. The minimum atomic E-state index is -0.0124. The Bertz CT molecular complexity index is 1390. The van der Waals surface area contributed by atoms with E-state index in [1.807, 2.05) is 78.3 Å². The van der Waals surface area contributed by atoms with Crippen molar-refractivity contribution in [1.29, 1.82) is 0 Å². The highest BCUT2D eigenvalue weighted by Crippen LogP contribution is 2.24. The van der Waals surface area contributed by atoms with Crippen molar-refractivity contribution in [3.63, 3.8) is 0 Å². The number of rotatable bonds is 7.